The molecule has 1 heterocycles. The molecule has 1 aliphatic rings. The van der Waals surface area contributed by atoms with E-state index in [-0.39, 0.29) is 12.5 Å². The van der Waals surface area contributed by atoms with Gasteiger partial charge in [0.05, 0.1) is 10.0 Å². The van der Waals surface area contributed by atoms with Crippen LogP contribution in [0, 0.1) is 5.92 Å². The summed E-state index contributed by atoms with van der Waals surface area (Å²) in [6.07, 6.45) is 0. The van der Waals surface area contributed by atoms with E-state index in [0.29, 0.717) is 16.0 Å². The number of nitrogens with zero attached hydrogens (tertiary/aromatic N) is 1. The zero-order chi connectivity index (χ0) is 15.5. The Kier molecular flexibility index (Phi) is 5.04. The van der Waals surface area contributed by atoms with Gasteiger partial charge in [-0.25, -0.2) is 0 Å². The molecule has 0 aliphatic carbocycles. The number of aliphatic hydroxyl groups excluding tert-OH is 1. The minimum Gasteiger partial charge on any atom is -0.396 e. The number of rotatable bonds is 4. The molecule has 0 bridgehead atoms. The fourth-order valence-corrected chi connectivity index (χ4v) is 3.54. The number of benzene rings is 2. The Morgan fingerprint density at radius 2 is 1.77 bits per heavy atom. The molecule has 2 nitrogen and oxygen atoms in total. The van der Waals surface area contributed by atoms with Gasteiger partial charge in [0.25, 0.3) is 0 Å². The van der Waals surface area contributed by atoms with Crippen molar-refractivity contribution in [3.05, 3.63) is 69.7 Å². The molecule has 1 aliphatic heterocycles. The summed E-state index contributed by atoms with van der Waals surface area (Å²) in [5.74, 6) is 0.532. The first-order valence-electron chi connectivity index (χ1n) is 7.49. The number of hydrogen-bond acceptors (Lipinski definition) is 2. The first kappa shape index (κ1) is 15.8. The van der Waals surface area contributed by atoms with E-state index in [2.05, 4.69) is 29.2 Å². The zero-order valence-corrected chi connectivity index (χ0v) is 13.8. The first-order chi connectivity index (χ1) is 10.7. The predicted molar refractivity (Wildman–Crippen MR) is 91.5 cm³/mol. The lowest BCUT2D eigenvalue weighted by Crippen LogP contribution is -2.20. The molecule has 2 aromatic carbocycles. The third-order valence-corrected chi connectivity index (χ3v) is 5.11. The second-order valence-electron chi connectivity index (χ2n) is 5.90. The Labute approximate surface area is 141 Å². The smallest absolute Gasteiger partial charge is 0.0595 e. The molecule has 2 aromatic rings. The van der Waals surface area contributed by atoms with E-state index < -0.39 is 0 Å². The molecule has 1 fully saturated rings. The summed E-state index contributed by atoms with van der Waals surface area (Å²) in [5.41, 5.74) is 2.46. The quantitative estimate of drug-likeness (QED) is 0.904. The molecule has 116 valence electrons. The molecule has 0 spiro atoms. The SMILES string of the molecule is OC[C@@H]1CN(Cc2ccccc2)C[C@@H]1c1ccc(Cl)c(Cl)c1. The van der Waals surface area contributed by atoms with Crippen LogP contribution in [-0.2, 0) is 6.54 Å². The first-order valence-corrected chi connectivity index (χ1v) is 8.25. The second kappa shape index (κ2) is 7.01. The van der Waals surface area contributed by atoms with E-state index in [9.17, 15) is 5.11 Å². The Balaban J connectivity index is 1.75. The number of aliphatic hydroxyl groups is 1. The van der Waals surface area contributed by atoms with Crippen LogP contribution in [0.15, 0.2) is 48.5 Å². The van der Waals surface area contributed by atoms with E-state index in [4.69, 9.17) is 23.2 Å². The van der Waals surface area contributed by atoms with Gasteiger partial charge in [0.2, 0.25) is 0 Å². The van der Waals surface area contributed by atoms with Crippen LogP contribution in [0.5, 0.6) is 0 Å². The normalized spacial score (nSPS) is 22.1. The Morgan fingerprint density at radius 3 is 2.45 bits per heavy atom. The van der Waals surface area contributed by atoms with Crippen molar-refractivity contribution in [2.45, 2.75) is 12.5 Å². The van der Waals surface area contributed by atoms with E-state index >= 15 is 0 Å². The molecule has 4 heteroatoms. The monoisotopic (exact) mass is 335 g/mol. The van der Waals surface area contributed by atoms with Gasteiger partial charge < -0.3 is 5.11 Å². The minimum absolute atomic E-state index is 0.191. The summed E-state index contributed by atoms with van der Waals surface area (Å²) in [6, 6.07) is 16.2. The summed E-state index contributed by atoms with van der Waals surface area (Å²) in [7, 11) is 0. The van der Waals surface area contributed by atoms with Crippen LogP contribution in [0.3, 0.4) is 0 Å². The zero-order valence-electron chi connectivity index (χ0n) is 12.3. The van der Waals surface area contributed by atoms with Gasteiger partial charge in [-0.1, -0.05) is 59.6 Å². The predicted octanol–water partition coefficient (Wildman–Crippen LogP) is 4.20. The molecule has 3 rings (SSSR count). The van der Waals surface area contributed by atoms with Gasteiger partial charge in [0, 0.05) is 38.1 Å². The molecular formula is C18H19Cl2NO. The molecule has 0 unspecified atom stereocenters. The van der Waals surface area contributed by atoms with Gasteiger partial charge in [0.1, 0.15) is 0 Å². The van der Waals surface area contributed by atoms with Crippen LogP contribution >= 0.6 is 23.2 Å². The standard InChI is InChI=1S/C18H19Cl2NO/c19-17-7-6-14(8-18(17)20)16-11-21(10-15(16)12-22)9-13-4-2-1-3-5-13/h1-8,15-16,22H,9-12H2/t15-,16+/m0/s1. The summed E-state index contributed by atoms with van der Waals surface area (Å²) in [6.45, 7) is 2.93. The van der Waals surface area contributed by atoms with Crippen molar-refractivity contribution in [1.82, 2.24) is 4.90 Å². The van der Waals surface area contributed by atoms with Crippen LogP contribution in [0.4, 0.5) is 0 Å². The van der Waals surface area contributed by atoms with Crippen molar-refractivity contribution in [3.63, 3.8) is 0 Å². The van der Waals surface area contributed by atoms with Crippen molar-refractivity contribution >= 4 is 23.2 Å². The molecule has 22 heavy (non-hydrogen) atoms. The lowest BCUT2D eigenvalue weighted by Gasteiger charge is -2.17. The van der Waals surface area contributed by atoms with Gasteiger partial charge in [0.15, 0.2) is 0 Å². The van der Waals surface area contributed by atoms with E-state index in [1.807, 2.05) is 24.3 Å². The highest BCUT2D eigenvalue weighted by Crippen LogP contribution is 2.35. The van der Waals surface area contributed by atoms with Crippen LogP contribution in [0.1, 0.15) is 17.0 Å². The maximum Gasteiger partial charge on any atom is 0.0595 e. The van der Waals surface area contributed by atoms with E-state index in [1.165, 1.54) is 5.56 Å². The van der Waals surface area contributed by atoms with Gasteiger partial charge >= 0.3 is 0 Å². The molecule has 0 amide bonds. The Morgan fingerprint density at radius 1 is 1.00 bits per heavy atom. The molecule has 1 saturated heterocycles. The highest BCUT2D eigenvalue weighted by atomic mass is 35.5. The van der Waals surface area contributed by atoms with Crippen molar-refractivity contribution in [1.29, 1.82) is 0 Å². The van der Waals surface area contributed by atoms with Gasteiger partial charge in [-0.15, -0.1) is 0 Å². The van der Waals surface area contributed by atoms with Crippen molar-refractivity contribution in [2.75, 3.05) is 19.7 Å². The van der Waals surface area contributed by atoms with Crippen molar-refractivity contribution in [3.8, 4) is 0 Å². The van der Waals surface area contributed by atoms with Gasteiger partial charge in [-0.05, 0) is 23.3 Å². The minimum atomic E-state index is 0.191. The maximum absolute atomic E-state index is 9.72. The van der Waals surface area contributed by atoms with Crippen LogP contribution in [0.2, 0.25) is 10.0 Å². The Hall–Kier alpha value is -1.06. The van der Waals surface area contributed by atoms with Gasteiger partial charge in [-0.2, -0.15) is 0 Å². The average molecular weight is 336 g/mol. The molecule has 0 aromatic heterocycles. The molecule has 0 saturated carbocycles. The summed E-state index contributed by atoms with van der Waals surface area (Å²) in [5, 5.41) is 10.9. The third-order valence-electron chi connectivity index (χ3n) is 4.37. The highest BCUT2D eigenvalue weighted by Gasteiger charge is 2.33. The largest absolute Gasteiger partial charge is 0.396 e. The fourth-order valence-electron chi connectivity index (χ4n) is 3.24. The lowest BCUT2D eigenvalue weighted by molar-refractivity contribution is 0.214. The average Bonchev–Trinajstić information content (AvgIpc) is 2.94. The number of halogens is 2. The topological polar surface area (TPSA) is 23.5 Å². The van der Waals surface area contributed by atoms with E-state index in [1.54, 1.807) is 0 Å². The van der Waals surface area contributed by atoms with Crippen molar-refractivity contribution < 1.29 is 5.11 Å². The lowest BCUT2D eigenvalue weighted by atomic mass is 9.89. The fraction of sp³-hybridized carbons (Fsp3) is 0.333. The molecule has 1 N–H and O–H groups in total. The van der Waals surface area contributed by atoms with Crippen LogP contribution < -0.4 is 0 Å². The van der Waals surface area contributed by atoms with Crippen LogP contribution in [-0.4, -0.2) is 29.7 Å². The molecule has 0 radical (unpaired) electrons. The third kappa shape index (κ3) is 3.47. The summed E-state index contributed by atoms with van der Waals surface area (Å²) >= 11 is 12.1. The number of hydrogen-bond donors (Lipinski definition) is 1. The number of likely N-dealkylation sites (tertiary alicyclic amines) is 1. The maximum atomic E-state index is 9.72. The summed E-state index contributed by atoms with van der Waals surface area (Å²) in [4.78, 5) is 2.39. The van der Waals surface area contributed by atoms with Crippen molar-refractivity contribution in [2.24, 2.45) is 5.92 Å². The highest BCUT2D eigenvalue weighted by molar-refractivity contribution is 6.42. The van der Waals surface area contributed by atoms with E-state index in [0.717, 1.165) is 25.2 Å². The van der Waals surface area contributed by atoms with Crippen LogP contribution in [0.25, 0.3) is 0 Å². The molecular weight excluding hydrogens is 317 g/mol. The Bertz CT molecular complexity index is 632. The summed E-state index contributed by atoms with van der Waals surface area (Å²) < 4.78 is 0. The second-order valence-corrected chi connectivity index (χ2v) is 6.72. The van der Waals surface area contributed by atoms with Gasteiger partial charge in [-0.3, -0.25) is 4.90 Å². The molecule has 2 atom stereocenters.